The second kappa shape index (κ2) is 14.3. The summed E-state index contributed by atoms with van der Waals surface area (Å²) in [4.78, 5) is 28.2. The van der Waals surface area contributed by atoms with Crippen LogP contribution in [0.4, 0.5) is 5.69 Å². The fourth-order valence-electron chi connectivity index (χ4n) is 4.18. The molecule has 208 valence electrons. The van der Waals surface area contributed by atoms with Crippen molar-refractivity contribution in [3.8, 4) is 11.5 Å². The predicted octanol–water partition coefficient (Wildman–Crippen LogP) is 4.62. The normalized spacial score (nSPS) is 11.9. The first kappa shape index (κ1) is 29.7. The molecule has 0 saturated carbocycles. The molecular weight excluding hydrogens is 514 g/mol. The Balaban J connectivity index is 1.83. The third-order valence-corrected chi connectivity index (χ3v) is 7.34. The van der Waals surface area contributed by atoms with Gasteiger partial charge in [0.15, 0.2) is 0 Å². The fourth-order valence-corrected chi connectivity index (χ4v) is 5.03. The minimum Gasteiger partial charge on any atom is -0.457 e. The van der Waals surface area contributed by atoms with Gasteiger partial charge in [0.2, 0.25) is 21.8 Å². The van der Waals surface area contributed by atoms with Crippen molar-refractivity contribution in [2.75, 3.05) is 30.2 Å². The Morgan fingerprint density at radius 2 is 1.46 bits per heavy atom. The maximum Gasteiger partial charge on any atom is 0.244 e. The van der Waals surface area contributed by atoms with Gasteiger partial charge in [0.1, 0.15) is 24.1 Å². The van der Waals surface area contributed by atoms with Gasteiger partial charge >= 0.3 is 0 Å². The van der Waals surface area contributed by atoms with E-state index in [0.29, 0.717) is 36.6 Å². The largest absolute Gasteiger partial charge is 0.457 e. The van der Waals surface area contributed by atoms with E-state index in [2.05, 4.69) is 5.32 Å². The van der Waals surface area contributed by atoms with Crippen molar-refractivity contribution in [2.45, 2.75) is 39.2 Å². The molecule has 0 aliphatic rings. The molecule has 0 bridgehead atoms. The Morgan fingerprint density at radius 1 is 0.872 bits per heavy atom. The van der Waals surface area contributed by atoms with Crippen LogP contribution in [-0.2, 0) is 26.0 Å². The smallest absolute Gasteiger partial charge is 0.244 e. The van der Waals surface area contributed by atoms with Gasteiger partial charge in [-0.3, -0.25) is 13.9 Å². The summed E-state index contributed by atoms with van der Waals surface area (Å²) in [5.41, 5.74) is 1.35. The van der Waals surface area contributed by atoms with E-state index >= 15 is 0 Å². The van der Waals surface area contributed by atoms with Crippen molar-refractivity contribution in [3.63, 3.8) is 0 Å². The van der Waals surface area contributed by atoms with E-state index in [9.17, 15) is 18.0 Å². The lowest BCUT2D eigenvalue weighted by atomic mass is 10.1. The van der Waals surface area contributed by atoms with Gasteiger partial charge in [-0.15, -0.1) is 0 Å². The highest BCUT2D eigenvalue weighted by molar-refractivity contribution is 7.92. The maximum atomic E-state index is 13.7. The number of rotatable bonds is 14. The number of nitrogens with zero attached hydrogens (tertiary/aromatic N) is 2. The Hall–Kier alpha value is -3.85. The van der Waals surface area contributed by atoms with Crippen molar-refractivity contribution in [1.29, 1.82) is 0 Å². The fraction of sp³-hybridized carbons (Fsp3) is 0.333. The molecule has 1 N–H and O–H groups in total. The summed E-state index contributed by atoms with van der Waals surface area (Å²) in [5, 5.41) is 2.88. The average Bonchev–Trinajstić information content (AvgIpc) is 2.93. The summed E-state index contributed by atoms with van der Waals surface area (Å²) < 4.78 is 32.5. The number of para-hydroxylation sites is 1. The van der Waals surface area contributed by atoms with E-state index < -0.39 is 28.5 Å². The number of amides is 2. The number of carbonyl (C=O) groups excluding carboxylic acids is 2. The number of nitrogens with one attached hydrogen (secondary N) is 1. The maximum absolute atomic E-state index is 13.7. The number of sulfonamides is 1. The first-order chi connectivity index (χ1) is 18.7. The Morgan fingerprint density at radius 3 is 2.03 bits per heavy atom. The molecule has 3 aromatic carbocycles. The van der Waals surface area contributed by atoms with Gasteiger partial charge in [-0.05, 0) is 61.2 Å². The molecule has 8 nitrogen and oxygen atoms in total. The topological polar surface area (TPSA) is 96.0 Å². The van der Waals surface area contributed by atoms with E-state index in [1.54, 1.807) is 24.3 Å². The summed E-state index contributed by atoms with van der Waals surface area (Å²) >= 11 is 0. The third kappa shape index (κ3) is 8.85. The van der Waals surface area contributed by atoms with Gasteiger partial charge in [-0.1, -0.05) is 62.4 Å². The number of carbonyl (C=O) groups is 2. The number of anilines is 1. The Labute approximate surface area is 231 Å². The minimum absolute atomic E-state index is 0.242. The van der Waals surface area contributed by atoms with Gasteiger partial charge in [0.25, 0.3) is 0 Å². The molecule has 0 spiro atoms. The van der Waals surface area contributed by atoms with Gasteiger partial charge < -0.3 is 15.0 Å². The van der Waals surface area contributed by atoms with Crippen molar-refractivity contribution < 1.29 is 22.7 Å². The quantitative estimate of drug-likeness (QED) is 0.315. The highest BCUT2D eigenvalue weighted by atomic mass is 32.2. The van der Waals surface area contributed by atoms with Crippen LogP contribution in [0, 0.1) is 0 Å². The Kier molecular flexibility index (Phi) is 10.9. The molecule has 0 aliphatic carbocycles. The third-order valence-electron chi connectivity index (χ3n) is 6.20. The first-order valence-electron chi connectivity index (χ1n) is 13.1. The van der Waals surface area contributed by atoms with E-state index in [1.165, 1.54) is 4.90 Å². The molecule has 0 saturated heterocycles. The monoisotopic (exact) mass is 551 g/mol. The highest BCUT2D eigenvalue weighted by Gasteiger charge is 2.31. The van der Waals surface area contributed by atoms with E-state index in [1.807, 2.05) is 74.5 Å². The standard InChI is InChI=1S/C30H37N3O5S/c1-4-21-31-30(35)28(5-2)32(22-20-24-12-8-6-9-13-24)29(34)23-33(39(3,36)37)25-16-18-27(19-17-25)38-26-14-10-7-11-15-26/h6-19,28H,4-5,20-23H2,1-3H3,(H,31,35)/t28-/m1/s1. The lowest BCUT2D eigenvalue weighted by Gasteiger charge is -2.32. The van der Waals surface area contributed by atoms with Crippen molar-refractivity contribution >= 4 is 27.5 Å². The summed E-state index contributed by atoms with van der Waals surface area (Å²) in [6.45, 7) is 4.16. The van der Waals surface area contributed by atoms with Crippen LogP contribution in [0.1, 0.15) is 32.3 Å². The van der Waals surface area contributed by atoms with Crippen LogP contribution < -0.4 is 14.4 Å². The van der Waals surface area contributed by atoms with Crippen LogP contribution >= 0.6 is 0 Å². The van der Waals surface area contributed by atoms with Gasteiger partial charge in [-0.2, -0.15) is 0 Å². The van der Waals surface area contributed by atoms with Gasteiger partial charge in [0, 0.05) is 13.1 Å². The van der Waals surface area contributed by atoms with E-state index in [0.717, 1.165) is 22.5 Å². The zero-order valence-electron chi connectivity index (χ0n) is 22.7. The van der Waals surface area contributed by atoms with E-state index in [4.69, 9.17) is 4.74 Å². The van der Waals surface area contributed by atoms with Crippen LogP contribution in [0.5, 0.6) is 11.5 Å². The molecule has 3 aromatic rings. The minimum atomic E-state index is -3.81. The second-order valence-corrected chi connectivity index (χ2v) is 11.1. The molecule has 0 fully saturated rings. The molecule has 1 atom stereocenters. The summed E-state index contributed by atoms with van der Waals surface area (Å²) in [5.74, 6) is 0.503. The summed E-state index contributed by atoms with van der Waals surface area (Å²) in [6, 6.07) is 24.7. The van der Waals surface area contributed by atoms with Gasteiger partial charge in [0.05, 0.1) is 11.9 Å². The Bertz CT molecular complexity index is 1300. The van der Waals surface area contributed by atoms with Crippen molar-refractivity contribution in [2.24, 2.45) is 0 Å². The van der Waals surface area contributed by atoms with Crippen LogP contribution in [0.15, 0.2) is 84.9 Å². The predicted molar refractivity (Wildman–Crippen MR) is 154 cm³/mol. The lowest BCUT2D eigenvalue weighted by Crippen LogP contribution is -2.53. The molecule has 0 unspecified atom stereocenters. The zero-order valence-corrected chi connectivity index (χ0v) is 23.6. The van der Waals surface area contributed by atoms with Crippen LogP contribution in [0.25, 0.3) is 0 Å². The SMILES string of the molecule is CCCNC(=O)[C@@H](CC)N(CCc1ccccc1)C(=O)CN(c1ccc(Oc2ccccc2)cc1)S(C)(=O)=O. The van der Waals surface area contributed by atoms with Crippen LogP contribution in [0.3, 0.4) is 0 Å². The molecule has 9 heteroatoms. The number of hydrogen-bond acceptors (Lipinski definition) is 5. The van der Waals surface area contributed by atoms with Crippen LogP contribution in [-0.4, -0.2) is 57.1 Å². The highest BCUT2D eigenvalue weighted by Crippen LogP contribution is 2.26. The molecular formula is C30H37N3O5S. The zero-order chi connectivity index (χ0) is 28.3. The molecule has 0 radical (unpaired) electrons. The second-order valence-electron chi connectivity index (χ2n) is 9.22. The summed E-state index contributed by atoms with van der Waals surface area (Å²) in [7, 11) is -3.81. The summed E-state index contributed by atoms with van der Waals surface area (Å²) in [6.07, 6.45) is 2.77. The van der Waals surface area contributed by atoms with Crippen molar-refractivity contribution in [1.82, 2.24) is 10.2 Å². The molecule has 2 amide bonds. The average molecular weight is 552 g/mol. The molecule has 0 aliphatic heterocycles. The van der Waals surface area contributed by atoms with Crippen LogP contribution in [0.2, 0.25) is 0 Å². The molecule has 0 aromatic heterocycles. The lowest BCUT2D eigenvalue weighted by molar-refractivity contribution is -0.139. The van der Waals surface area contributed by atoms with Crippen molar-refractivity contribution in [3.05, 3.63) is 90.5 Å². The molecule has 3 rings (SSSR count). The number of ether oxygens (including phenoxy) is 1. The van der Waals surface area contributed by atoms with Gasteiger partial charge in [-0.25, -0.2) is 8.42 Å². The number of hydrogen-bond donors (Lipinski definition) is 1. The molecule has 0 heterocycles. The number of benzene rings is 3. The molecule has 39 heavy (non-hydrogen) atoms. The van der Waals surface area contributed by atoms with E-state index in [-0.39, 0.29) is 12.5 Å². The first-order valence-corrected chi connectivity index (χ1v) is 15.0.